The van der Waals surface area contributed by atoms with E-state index in [2.05, 4.69) is 10.6 Å². The second-order valence-electron chi connectivity index (χ2n) is 23.5. The van der Waals surface area contributed by atoms with E-state index in [0.717, 1.165) is 13.8 Å². The fraction of sp³-hybridized carbons (Fsp3) is 0.942. The van der Waals surface area contributed by atoms with E-state index < -0.39 is 291 Å². The molecule has 7 heterocycles. The molecule has 41 heteroatoms. The monoisotopic (exact) mass is 1360 g/mol. The number of rotatable bonds is 26. The van der Waals surface area contributed by atoms with E-state index in [9.17, 15) is 127 Å². The lowest BCUT2D eigenvalue weighted by Crippen LogP contribution is -2.71. The molecule has 0 spiro atoms. The van der Waals surface area contributed by atoms with Crippen molar-refractivity contribution >= 4 is 18.1 Å². The molecule has 0 saturated carbocycles. The van der Waals surface area contributed by atoms with Gasteiger partial charge in [0.25, 0.3) is 0 Å². The lowest BCUT2D eigenvalue weighted by atomic mass is 9.93. The van der Waals surface area contributed by atoms with Crippen LogP contribution in [0.15, 0.2) is 0 Å². The Morgan fingerprint density at radius 2 is 0.763 bits per heavy atom. The van der Waals surface area contributed by atoms with E-state index in [1.165, 1.54) is 13.8 Å². The molecule has 2 unspecified atom stereocenters. The van der Waals surface area contributed by atoms with Crippen molar-refractivity contribution in [1.82, 2.24) is 10.6 Å². The van der Waals surface area contributed by atoms with E-state index in [-0.39, 0.29) is 6.29 Å². The Kier molecular flexibility index (Phi) is 28.2. The number of ether oxygens (including phenoxy) is 14. The molecule has 41 nitrogen and oxygen atoms in total. The first-order valence-electron chi connectivity index (χ1n) is 29.6. The number of carbonyl (C=O) groups excluding carboxylic acids is 3. The molecule has 0 aromatic rings. The third-order valence-electron chi connectivity index (χ3n) is 16.9. The second-order valence-corrected chi connectivity index (χ2v) is 23.5. The molecule has 7 rings (SSSR count). The first kappa shape index (κ1) is 77.5. The smallest absolute Gasteiger partial charge is 0.217 e. The van der Waals surface area contributed by atoms with Crippen LogP contribution < -0.4 is 10.6 Å². The van der Waals surface area contributed by atoms with Gasteiger partial charge in [0.1, 0.15) is 183 Å². The summed E-state index contributed by atoms with van der Waals surface area (Å²) in [6.07, 6.45) is -75.6. The first-order valence-corrected chi connectivity index (χ1v) is 29.6. The molecule has 0 aromatic heterocycles. The zero-order valence-corrected chi connectivity index (χ0v) is 50.1. The summed E-state index contributed by atoms with van der Waals surface area (Å²) in [6, 6.07) is -3.89. The number of aldehydes is 1. The summed E-state index contributed by atoms with van der Waals surface area (Å²) in [5, 5.41) is 244. The fourth-order valence-electron chi connectivity index (χ4n) is 11.6. The van der Waals surface area contributed by atoms with Gasteiger partial charge in [-0.15, -0.1) is 0 Å². The second kappa shape index (κ2) is 33.8. The predicted octanol–water partition coefficient (Wildman–Crippen LogP) is -16.3. The highest BCUT2D eigenvalue weighted by Crippen LogP contribution is 2.39. The Bertz CT molecular complexity index is 2330. The third-order valence-corrected chi connectivity index (χ3v) is 16.9. The van der Waals surface area contributed by atoms with Crippen molar-refractivity contribution in [2.75, 3.05) is 39.6 Å². The van der Waals surface area contributed by atoms with Gasteiger partial charge in [0, 0.05) is 13.8 Å². The molecule has 0 aromatic carbocycles. The predicted molar refractivity (Wildman–Crippen MR) is 286 cm³/mol. The van der Waals surface area contributed by atoms with Crippen LogP contribution in [0.2, 0.25) is 0 Å². The molecule has 0 bridgehead atoms. The van der Waals surface area contributed by atoms with E-state index in [0.29, 0.717) is 0 Å². The van der Waals surface area contributed by atoms with Crippen LogP contribution in [0.25, 0.3) is 0 Å². The van der Waals surface area contributed by atoms with E-state index in [4.69, 9.17) is 66.3 Å². The van der Waals surface area contributed by atoms with Crippen molar-refractivity contribution in [2.45, 2.75) is 267 Å². The van der Waals surface area contributed by atoms with E-state index >= 15 is 0 Å². The average Bonchev–Trinajstić information content (AvgIpc) is 0.778. The Morgan fingerprint density at radius 3 is 1.16 bits per heavy atom. The van der Waals surface area contributed by atoms with Crippen LogP contribution in [0.5, 0.6) is 0 Å². The highest BCUT2D eigenvalue weighted by Gasteiger charge is 2.60. The minimum absolute atomic E-state index is 0.207. The summed E-state index contributed by atoms with van der Waals surface area (Å²) >= 11 is 0. The molecule has 540 valence electrons. The first-order chi connectivity index (χ1) is 43.9. The van der Waals surface area contributed by atoms with Crippen molar-refractivity contribution in [3.8, 4) is 0 Å². The minimum atomic E-state index is -2.52. The van der Waals surface area contributed by atoms with Crippen LogP contribution in [0, 0.1) is 0 Å². The highest BCUT2D eigenvalue weighted by molar-refractivity contribution is 5.73. The van der Waals surface area contributed by atoms with Gasteiger partial charge in [0.15, 0.2) is 50.3 Å². The van der Waals surface area contributed by atoms with Crippen LogP contribution in [-0.2, 0) is 80.7 Å². The van der Waals surface area contributed by atoms with Gasteiger partial charge >= 0.3 is 0 Å². The largest absolute Gasteiger partial charge is 0.394 e. The maximum Gasteiger partial charge on any atom is 0.217 e. The maximum absolute atomic E-state index is 13.3. The highest BCUT2D eigenvalue weighted by atomic mass is 16.8. The van der Waals surface area contributed by atoms with Gasteiger partial charge in [-0.3, -0.25) is 9.59 Å². The zero-order chi connectivity index (χ0) is 68.9. The number of hydrogen-bond acceptors (Lipinski definition) is 39. The van der Waals surface area contributed by atoms with Crippen molar-refractivity contribution in [3.05, 3.63) is 0 Å². The normalized spacial score (nSPS) is 48.0. The van der Waals surface area contributed by atoms with Crippen molar-refractivity contribution in [1.29, 1.82) is 0 Å². The van der Waals surface area contributed by atoms with Crippen molar-refractivity contribution < 1.29 is 193 Å². The molecular formula is C52H88N2O39. The van der Waals surface area contributed by atoms with Gasteiger partial charge in [0.2, 0.25) is 11.8 Å². The van der Waals surface area contributed by atoms with Gasteiger partial charge in [-0.25, -0.2) is 0 Å². The topological polar surface area (TPSA) is 650 Å². The molecule has 7 saturated heterocycles. The maximum atomic E-state index is 13.3. The Labute approximate surface area is 527 Å². The Hall–Kier alpha value is -2.83. The Balaban J connectivity index is 1.29. The van der Waals surface area contributed by atoms with Gasteiger partial charge in [0.05, 0.1) is 51.8 Å². The van der Waals surface area contributed by atoms with Crippen molar-refractivity contribution in [3.63, 3.8) is 0 Å². The van der Waals surface area contributed by atoms with Crippen LogP contribution in [-0.4, -0.2) is 409 Å². The lowest BCUT2D eigenvalue weighted by molar-refractivity contribution is -0.391. The van der Waals surface area contributed by atoms with Gasteiger partial charge in [-0.1, -0.05) is 0 Å². The van der Waals surface area contributed by atoms with Crippen LogP contribution in [0.3, 0.4) is 0 Å². The van der Waals surface area contributed by atoms with Gasteiger partial charge in [-0.05, 0) is 13.8 Å². The summed E-state index contributed by atoms with van der Waals surface area (Å²) in [6.45, 7) is -2.32. The van der Waals surface area contributed by atoms with Gasteiger partial charge < -0.3 is 194 Å². The van der Waals surface area contributed by atoms with Crippen molar-refractivity contribution in [2.24, 2.45) is 0 Å². The summed E-state index contributed by atoms with van der Waals surface area (Å²) in [7, 11) is 0. The quantitative estimate of drug-likeness (QED) is 0.0358. The summed E-state index contributed by atoms with van der Waals surface area (Å²) in [5.74, 6) is -1.93. The number of aliphatic hydroxyl groups is 22. The molecule has 7 aliphatic heterocycles. The Morgan fingerprint density at radius 1 is 0.409 bits per heavy atom. The summed E-state index contributed by atoms with van der Waals surface area (Å²) in [4.78, 5) is 38.2. The summed E-state index contributed by atoms with van der Waals surface area (Å²) < 4.78 is 83.3. The molecule has 2 amide bonds. The van der Waals surface area contributed by atoms with E-state index in [1.54, 1.807) is 0 Å². The van der Waals surface area contributed by atoms with Crippen LogP contribution >= 0.6 is 0 Å². The summed E-state index contributed by atoms with van der Waals surface area (Å²) in [5.41, 5.74) is 0. The van der Waals surface area contributed by atoms with Gasteiger partial charge in [-0.2, -0.15) is 0 Å². The molecule has 7 aliphatic rings. The molecule has 93 heavy (non-hydrogen) atoms. The molecule has 0 radical (unpaired) electrons. The number of nitrogens with one attached hydrogen (secondary N) is 2. The molecule has 39 atom stereocenters. The standard InChI is InChI=1S/C52H88N2O39/c1-12-25(65)31(71)35(75)48(81-12)89-42-21(10-60)86-47(24(54-15(4)62)44(42)92-51-38(78)34(74)29(69)19(8-58)84-51)93-45-30(70)22(87-52(39(45)79)88-40(17(64)6-56)27(67)16(63)5-55)11-80-46-23(53-14(3)61)43(91-49-36(76)32(72)26(66)13(2)82-49)41(20(9-59)85-46)90-50-37(77)33(73)28(68)18(7-57)83-50/h5,12-13,16-52,56-60,63-79H,6-11H2,1-4H3,(H,53,61)(H,54,62)/t12-,13-,16-,17+,18+,19+,20+,21+,22?,23+,24+,25+,26+,27+,28-,29-,30-,31+,32+,33-,34-,35-,36-,37+,38+,39+,40+,41+,42+,43+,44+,45?,46+,47-,48-,49-,50-,51-,52-/m0/s1. The number of aliphatic hydroxyl groups excluding tert-OH is 22. The lowest BCUT2D eigenvalue weighted by Gasteiger charge is -2.52. The molecule has 0 aliphatic carbocycles. The number of amides is 2. The minimum Gasteiger partial charge on any atom is -0.394 e. The van der Waals surface area contributed by atoms with Crippen LogP contribution in [0.1, 0.15) is 27.7 Å². The number of hydrogen-bond donors (Lipinski definition) is 24. The van der Waals surface area contributed by atoms with Crippen LogP contribution in [0.4, 0.5) is 0 Å². The SMILES string of the molecule is CC(=O)N[C@H]1[C@H](OC2[C@@H](O)C(CO[C@@H]3O[C@H](CO)[C@@H](O[C@@H]4O[C@H](CO)[C@H](O)[C@H](O)[C@H]4O)[C@H](O[C@@H]4O[C@@H](C)[C@@H](O)[C@@H](O)[C@@H]4O)[C@H]3NC(C)=O)O[C@@H](O[C@@H]([C@H](O)[C@@H](O)C=O)[C@H](O)CO)[C@@H]2O)O[C@H](CO)[C@@H](O[C@@H]2O[C@@H](C)[C@@H](O)[C@@H](O)[C@@H]2O)[C@@H]1O[C@@H]1O[C@H](CO)[C@H](O)[C@H](O)[C@H]1O. The molecule has 24 N–H and O–H groups in total. The molecule has 7 fully saturated rings. The molecular weight excluding hydrogens is 1280 g/mol. The van der Waals surface area contributed by atoms with E-state index in [1.807, 2.05) is 0 Å². The average molecular weight is 1370 g/mol. The fourth-order valence-corrected chi connectivity index (χ4v) is 11.6. The third kappa shape index (κ3) is 17.3. The number of carbonyl (C=O) groups is 3. The zero-order valence-electron chi connectivity index (χ0n) is 50.1.